The van der Waals surface area contributed by atoms with Crippen molar-refractivity contribution in [2.75, 3.05) is 13.1 Å². The Morgan fingerprint density at radius 2 is 1.61 bits per heavy atom. The quantitative estimate of drug-likeness (QED) is 0.686. The average Bonchev–Trinajstić information content (AvgIpc) is 2.88. The highest BCUT2D eigenvalue weighted by molar-refractivity contribution is 6.24. The molecule has 0 spiro atoms. The second-order valence-electron chi connectivity index (χ2n) is 6.58. The first-order valence-corrected chi connectivity index (χ1v) is 8.23. The van der Waals surface area contributed by atoms with Crippen LogP contribution in [0.3, 0.4) is 0 Å². The second kappa shape index (κ2) is 5.34. The van der Waals surface area contributed by atoms with Crippen LogP contribution < -0.4 is 0 Å². The molecule has 0 saturated carbocycles. The van der Waals surface area contributed by atoms with Gasteiger partial charge in [0.2, 0.25) is 0 Å². The van der Waals surface area contributed by atoms with Crippen molar-refractivity contribution < 1.29 is 9.59 Å². The molecule has 2 aromatic rings. The average molecular weight is 305 g/mol. The van der Waals surface area contributed by atoms with Crippen LogP contribution in [0.1, 0.15) is 46.0 Å². The fourth-order valence-corrected chi connectivity index (χ4v) is 3.64. The van der Waals surface area contributed by atoms with Gasteiger partial charge in [-0.1, -0.05) is 43.3 Å². The van der Waals surface area contributed by atoms with Crippen LogP contribution in [-0.4, -0.2) is 29.7 Å². The number of nitrogens with zero attached hydrogens (tertiary/aromatic N) is 1. The van der Waals surface area contributed by atoms with Gasteiger partial charge < -0.3 is 4.90 Å². The van der Waals surface area contributed by atoms with Gasteiger partial charge >= 0.3 is 0 Å². The fourth-order valence-electron chi connectivity index (χ4n) is 3.64. The monoisotopic (exact) mass is 305 g/mol. The molecule has 1 heterocycles. The Kier molecular flexibility index (Phi) is 3.29. The van der Waals surface area contributed by atoms with E-state index < -0.39 is 0 Å². The van der Waals surface area contributed by atoms with E-state index in [1.165, 1.54) is 0 Å². The van der Waals surface area contributed by atoms with Gasteiger partial charge in [0.15, 0.2) is 5.78 Å². The number of hydrogen-bond donors (Lipinski definition) is 0. The molecule has 2 aliphatic rings. The fraction of sp³-hybridized carbons (Fsp3) is 0.300. The number of likely N-dealkylation sites (tertiary alicyclic amines) is 1. The zero-order valence-electron chi connectivity index (χ0n) is 13.2. The van der Waals surface area contributed by atoms with Gasteiger partial charge in [0, 0.05) is 35.3 Å². The predicted octanol–water partition coefficient (Wildman–Crippen LogP) is 3.77. The lowest BCUT2D eigenvalue weighted by Gasteiger charge is -2.30. The normalized spacial score (nSPS) is 17.1. The van der Waals surface area contributed by atoms with E-state index in [2.05, 4.69) is 6.92 Å². The van der Waals surface area contributed by atoms with Crippen molar-refractivity contribution in [3.8, 4) is 11.1 Å². The SMILES string of the molecule is CC1CCN(C(=O)c2cccc3c2-c2ccccc2C3=O)CC1. The summed E-state index contributed by atoms with van der Waals surface area (Å²) >= 11 is 0. The lowest BCUT2D eigenvalue weighted by Crippen LogP contribution is -2.38. The molecule has 1 fully saturated rings. The van der Waals surface area contributed by atoms with Crippen LogP contribution in [0.25, 0.3) is 11.1 Å². The van der Waals surface area contributed by atoms with E-state index in [4.69, 9.17) is 0 Å². The van der Waals surface area contributed by atoms with Crippen molar-refractivity contribution >= 4 is 11.7 Å². The Bertz CT molecular complexity index is 801. The number of ketones is 1. The van der Waals surface area contributed by atoms with Gasteiger partial charge in [-0.25, -0.2) is 0 Å². The zero-order chi connectivity index (χ0) is 16.0. The number of fused-ring (bicyclic) bond motifs is 3. The Morgan fingerprint density at radius 3 is 2.35 bits per heavy atom. The van der Waals surface area contributed by atoms with E-state index in [1.54, 1.807) is 0 Å². The molecule has 1 aliphatic carbocycles. The van der Waals surface area contributed by atoms with Crippen molar-refractivity contribution in [1.29, 1.82) is 0 Å². The summed E-state index contributed by atoms with van der Waals surface area (Å²) in [5, 5.41) is 0. The smallest absolute Gasteiger partial charge is 0.254 e. The maximum absolute atomic E-state index is 13.0. The van der Waals surface area contributed by atoms with Gasteiger partial charge in [-0.15, -0.1) is 0 Å². The first-order chi connectivity index (χ1) is 11.2. The number of benzene rings is 2. The van der Waals surface area contributed by atoms with Gasteiger partial charge in [0.25, 0.3) is 5.91 Å². The highest BCUT2D eigenvalue weighted by Crippen LogP contribution is 2.39. The Balaban J connectivity index is 1.78. The van der Waals surface area contributed by atoms with Crippen molar-refractivity contribution in [2.45, 2.75) is 19.8 Å². The highest BCUT2D eigenvalue weighted by Gasteiger charge is 2.32. The molecule has 2 aromatic carbocycles. The van der Waals surface area contributed by atoms with Crippen molar-refractivity contribution in [2.24, 2.45) is 5.92 Å². The first kappa shape index (κ1) is 14.2. The van der Waals surface area contributed by atoms with Crippen molar-refractivity contribution in [3.05, 3.63) is 59.2 Å². The van der Waals surface area contributed by atoms with E-state index >= 15 is 0 Å². The summed E-state index contributed by atoms with van der Waals surface area (Å²) in [6, 6.07) is 13.1. The largest absolute Gasteiger partial charge is 0.339 e. The maximum Gasteiger partial charge on any atom is 0.254 e. The van der Waals surface area contributed by atoms with E-state index in [0.29, 0.717) is 22.6 Å². The molecule has 1 aliphatic heterocycles. The topological polar surface area (TPSA) is 37.4 Å². The molecule has 1 saturated heterocycles. The van der Waals surface area contributed by atoms with Crippen LogP contribution in [-0.2, 0) is 0 Å². The minimum Gasteiger partial charge on any atom is -0.339 e. The zero-order valence-corrected chi connectivity index (χ0v) is 13.2. The molecule has 0 radical (unpaired) electrons. The molecule has 3 nitrogen and oxygen atoms in total. The minimum atomic E-state index is 0.0255. The van der Waals surface area contributed by atoms with Crippen LogP contribution in [0.4, 0.5) is 0 Å². The van der Waals surface area contributed by atoms with Crippen LogP contribution in [0.2, 0.25) is 0 Å². The van der Waals surface area contributed by atoms with Gasteiger partial charge in [-0.05, 0) is 30.4 Å². The molecule has 0 bridgehead atoms. The summed E-state index contributed by atoms with van der Waals surface area (Å²) in [6.45, 7) is 3.84. The van der Waals surface area contributed by atoms with E-state index in [0.717, 1.165) is 37.1 Å². The van der Waals surface area contributed by atoms with Gasteiger partial charge in [0.1, 0.15) is 0 Å². The summed E-state index contributed by atoms with van der Waals surface area (Å²) in [5.41, 5.74) is 3.73. The maximum atomic E-state index is 13.0. The molecular weight excluding hydrogens is 286 g/mol. The predicted molar refractivity (Wildman–Crippen MR) is 89.6 cm³/mol. The molecule has 1 amide bonds. The lowest BCUT2D eigenvalue weighted by atomic mass is 9.95. The minimum absolute atomic E-state index is 0.0255. The summed E-state index contributed by atoms with van der Waals surface area (Å²) in [7, 11) is 0. The third-order valence-corrected chi connectivity index (χ3v) is 5.05. The summed E-state index contributed by atoms with van der Waals surface area (Å²) < 4.78 is 0. The van der Waals surface area contributed by atoms with Gasteiger partial charge in [-0.3, -0.25) is 9.59 Å². The van der Waals surface area contributed by atoms with Crippen LogP contribution in [0.15, 0.2) is 42.5 Å². The van der Waals surface area contributed by atoms with E-state index in [9.17, 15) is 9.59 Å². The molecule has 0 aromatic heterocycles. The van der Waals surface area contributed by atoms with Crippen LogP contribution in [0, 0.1) is 5.92 Å². The molecular formula is C20H19NO2. The Labute approximate surface area is 135 Å². The number of amides is 1. The van der Waals surface area contributed by atoms with Gasteiger partial charge in [-0.2, -0.15) is 0 Å². The first-order valence-electron chi connectivity index (χ1n) is 8.23. The molecule has 116 valence electrons. The summed E-state index contributed by atoms with van der Waals surface area (Å²) in [4.78, 5) is 27.5. The van der Waals surface area contributed by atoms with E-state index in [1.807, 2.05) is 47.4 Å². The molecule has 0 N–H and O–H groups in total. The Hall–Kier alpha value is -2.42. The number of carbonyl (C=O) groups excluding carboxylic acids is 2. The number of rotatable bonds is 1. The number of hydrogen-bond acceptors (Lipinski definition) is 2. The van der Waals surface area contributed by atoms with Crippen molar-refractivity contribution in [1.82, 2.24) is 4.90 Å². The Morgan fingerprint density at radius 1 is 0.957 bits per heavy atom. The lowest BCUT2D eigenvalue weighted by molar-refractivity contribution is 0.0698. The van der Waals surface area contributed by atoms with Crippen LogP contribution >= 0.6 is 0 Å². The standard InChI is InChI=1S/C20H19NO2/c1-13-9-11-21(12-10-13)20(23)17-8-4-7-16-18(17)14-5-2-3-6-15(14)19(16)22/h2-8,13H,9-12H2,1H3. The van der Waals surface area contributed by atoms with E-state index in [-0.39, 0.29) is 11.7 Å². The second-order valence-corrected chi connectivity index (χ2v) is 6.58. The summed E-state index contributed by atoms with van der Waals surface area (Å²) in [6.07, 6.45) is 2.10. The van der Waals surface area contributed by atoms with Gasteiger partial charge in [0.05, 0.1) is 0 Å². The molecule has 3 heteroatoms. The van der Waals surface area contributed by atoms with Crippen LogP contribution in [0.5, 0.6) is 0 Å². The molecule has 4 rings (SSSR count). The number of carbonyl (C=O) groups is 2. The third-order valence-electron chi connectivity index (χ3n) is 5.05. The third kappa shape index (κ3) is 2.19. The molecule has 23 heavy (non-hydrogen) atoms. The van der Waals surface area contributed by atoms with Crippen molar-refractivity contribution in [3.63, 3.8) is 0 Å². The molecule has 0 unspecified atom stereocenters. The molecule has 0 atom stereocenters. The summed E-state index contributed by atoms with van der Waals surface area (Å²) in [5.74, 6) is 0.763. The number of piperidine rings is 1. The highest BCUT2D eigenvalue weighted by atomic mass is 16.2.